The average molecular weight is 403 g/mol. The van der Waals surface area contributed by atoms with Gasteiger partial charge in [0.05, 0.1) is 22.8 Å². The number of halogens is 1. The molecule has 2 N–H and O–H groups in total. The second-order valence-corrected chi connectivity index (χ2v) is 7.14. The van der Waals surface area contributed by atoms with Gasteiger partial charge in [-0.05, 0) is 35.9 Å². The highest BCUT2D eigenvalue weighted by molar-refractivity contribution is 6.31. The molecule has 0 unspecified atom stereocenters. The van der Waals surface area contributed by atoms with E-state index in [0.29, 0.717) is 33.7 Å². The van der Waals surface area contributed by atoms with Gasteiger partial charge in [0, 0.05) is 16.1 Å². The first-order valence-corrected chi connectivity index (χ1v) is 9.40. The lowest BCUT2D eigenvalue weighted by Gasteiger charge is -2.09. The van der Waals surface area contributed by atoms with Gasteiger partial charge in [0.2, 0.25) is 5.88 Å². The maximum Gasteiger partial charge on any atom is 0.368 e. The van der Waals surface area contributed by atoms with E-state index in [0.717, 1.165) is 16.5 Å². The van der Waals surface area contributed by atoms with Gasteiger partial charge in [0.15, 0.2) is 0 Å². The molecule has 2 heterocycles. The van der Waals surface area contributed by atoms with Crippen molar-refractivity contribution in [1.82, 2.24) is 4.57 Å². The monoisotopic (exact) mass is 402 g/mol. The van der Waals surface area contributed by atoms with Crippen molar-refractivity contribution in [3.05, 3.63) is 88.0 Å². The maximum absolute atomic E-state index is 11.4. The molecule has 6 nitrogen and oxygen atoms in total. The van der Waals surface area contributed by atoms with Crippen LogP contribution in [0.5, 0.6) is 5.88 Å². The summed E-state index contributed by atoms with van der Waals surface area (Å²) in [4.78, 5) is 19.1. The number of benzene rings is 3. The molecule has 1 aromatic heterocycles. The summed E-state index contributed by atoms with van der Waals surface area (Å²) in [5, 5.41) is 16.9. The zero-order valence-corrected chi connectivity index (χ0v) is 15.9. The van der Waals surface area contributed by atoms with Crippen LogP contribution in [0.15, 0.2) is 76.7 Å². The zero-order chi connectivity index (χ0) is 20.0. The Morgan fingerprint density at radius 3 is 2.59 bits per heavy atom. The minimum absolute atomic E-state index is 0.101. The van der Waals surface area contributed by atoms with Crippen LogP contribution in [-0.2, 0) is 6.54 Å². The number of anilines is 2. The lowest BCUT2D eigenvalue weighted by atomic mass is 10.2. The number of fused-ring (bicyclic) bond motifs is 2. The summed E-state index contributed by atoms with van der Waals surface area (Å²) in [6, 6.07) is 20.1. The molecule has 1 aliphatic rings. The van der Waals surface area contributed by atoms with Gasteiger partial charge in [-0.25, -0.2) is 4.79 Å². The van der Waals surface area contributed by atoms with E-state index in [4.69, 9.17) is 11.6 Å². The molecule has 0 radical (unpaired) electrons. The van der Waals surface area contributed by atoms with E-state index < -0.39 is 6.03 Å². The first-order chi connectivity index (χ1) is 14.1. The summed E-state index contributed by atoms with van der Waals surface area (Å²) in [5.74, 6) is 0.101. The van der Waals surface area contributed by atoms with Crippen molar-refractivity contribution in [2.45, 2.75) is 6.54 Å². The van der Waals surface area contributed by atoms with Crippen molar-refractivity contribution in [3.63, 3.8) is 0 Å². The second kappa shape index (κ2) is 6.76. The fourth-order valence-corrected chi connectivity index (χ4v) is 3.73. The molecule has 142 valence electrons. The van der Waals surface area contributed by atoms with E-state index in [-0.39, 0.29) is 5.88 Å². The average Bonchev–Trinajstić information content (AvgIpc) is 3.21. The molecule has 0 atom stereocenters. The maximum atomic E-state index is 11.4. The Balaban J connectivity index is 1.61. The van der Waals surface area contributed by atoms with Crippen LogP contribution in [0, 0.1) is 0 Å². The summed E-state index contributed by atoms with van der Waals surface area (Å²) >= 11 is 6.32. The normalized spacial score (nSPS) is 12.5. The van der Waals surface area contributed by atoms with Gasteiger partial charge in [-0.2, -0.15) is 9.98 Å². The highest BCUT2D eigenvalue weighted by Crippen LogP contribution is 2.38. The molecule has 0 bridgehead atoms. The highest BCUT2D eigenvalue weighted by Gasteiger charge is 2.18. The van der Waals surface area contributed by atoms with Crippen LogP contribution in [0.4, 0.5) is 16.2 Å². The second-order valence-electron chi connectivity index (χ2n) is 6.73. The quantitative estimate of drug-likeness (QED) is 0.537. The Bertz CT molecular complexity index is 1410. The van der Waals surface area contributed by atoms with Crippen LogP contribution in [0.3, 0.4) is 0 Å². The zero-order valence-electron chi connectivity index (χ0n) is 15.1. The molecule has 0 saturated carbocycles. The van der Waals surface area contributed by atoms with Gasteiger partial charge in [-0.15, -0.1) is 0 Å². The fourth-order valence-electron chi connectivity index (χ4n) is 3.53. The fraction of sp³-hybridized carbons (Fsp3) is 0.0455. The van der Waals surface area contributed by atoms with Gasteiger partial charge in [0.1, 0.15) is 5.69 Å². The summed E-state index contributed by atoms with van der Waals surface area (Å²) in [5.41, 5.74) is 3.07. The standard InChI is InChI=1S/C22H15ClN4O2/c23-16-7-3-1-5-13(16)12-27-19-8-4-2-6-15(19)20(21(27)28)24-14-9-10-17-18(11-14)26-22(29)25-17/h1-11,24,28H,12H2. The Morgan fingerprint density at radius 2 is 1.72 bits per heavy atom. The van der Waals surface area contributed by atoms with E-state index in [2.05, 4.69) is 15.3 Å². The molecule has 29 heavy (non-hydrogen) atoms. The van der Waals surface area contributed by atoms with Gasteiger partial charge >= 0.3 is 6.03 Å². The van der Waals surface area contributed by atoms with E-state index in [1.807, 2.05) is 53.1 Å². The number of para-hydroxylation sites is 1. The molecule has 4 aromatic rings. The number of nitrogens with zero attached hydrogens (tertiary/aromatic N) is 3. The predicted molar refractivity (Wildman–Crippen MR) is 112 cm³/mol. The van der Waals surface area contributed by atoms with Gasteiger partial charge in [-0.3, -0.25) is 0 Å². The topological polar surface area (TPSA) is 79.0 Å². The molecule has 5 rings (SSSR count). The van der Waals surface area contributed by atoms with E-state index in [1.54, 1.807) is 18.2 Å². The highest BCUT2D eigenvalue weighted by atomic mass is 35.5. The number of rotatable bonds is 4. The molecule has 1 aliphatic heterocycles. The number of aromatic hydroxyl groups is 1. The summed E-state index contributed by atoms with van der Waals surface area (Å²) in [7, 11) is 0. The van der Waals surface area contributed by atoms with Gasteiger partial charge in [0.25, 0.3) is 0 Å². The number of nitrogens with one attached hydrogen (secondary N) is 1. The number of amides is 2. The lowest BCUT2D eigenvalue weighted by Crippen LogP contribution is -2.21. The van der Waals surface area contributed by atoms with Crippen molar-refractivity contribution < 1.29 is 9.90 Å². The summed E-state index contributed by atoms with van der Waals surface area (Å²) in [6.45, 7) is 0.431. The van der Waals surface area contributed by atoms with Crippen LogP contribution < -0.4 is 16.0 Å². The van der Waals surface area contributed by atoms with Crippen LogP contribution in [0.25, 0.3) is 10.9 Å². The largest absolute Gasteiger partial charge is 0.493 e. The van der Waals surface area contributed by atoms with Crippen LogP contribution in [-0.4, -0.2) is 15.7 Å². The molecule has 0 saturated heterocycles. The van der Waals surface area contributed by atoms with Crippen LogP contribution >= 0.6 is 11.6 Å². The number of carbonyl (C=O) groups excluding carboxylic acids is 1. The lowest BCUT2D eigenvalue weighted by molar-refractivity contribution is 0.256. The third kappa shape index (κ3) is 3.03. The van der Waals surface area contributed by atoms with Crippen molar-refractivity contribution in [3.8, 4) is 5.88 Å². The molecule has 0 spiro atoms. The molecule has 3 aromatic carbocycles. The molecule has 0 fully saturated rings. The Labute approximate surface area is 170 Å². The van der Waals surface area contributed by atoms with E-state index in [1.165, 1.54) is 0 Å². The molecular formula is C22H15ClN4O2. The molecule has 7 heteroatoms. The molecule has 0 aliphatic carbocycles. The summed E-state index contributed by atoms with van der Waals surface area (Å²) in [6.07, 6.45) is 0. The number of carbonyl (C=O) groups is 1. The molecular weight excluding hydrogens is 388 g/mol. The molecule has 2 amide bonds. The number of urea groups is 1. The number of aromatic nitrogens is 1. The van der Waals surface area contributed by atoms with Crippen LogP contribution in [0.2, 0.25) is 5.02 Å². The predicted octanol–water partition coefficient (Wildman–Crippen LogP) is 4.17. The van der Waals surface area contributed by atoms with Gasteiger partial charge < -0.3 is 15.0 Å². The smallest absolute Gasteiger partial charge is 0.368 e. The van der Waals surface area contributed by atoms with Crippen molar-refractivity contribution in [2.75, 3.05) is 5.32 Å². The van der Waals surface area contributed by atoms with E-state index in [9.17, 15) is 9.90 Å². The SMILES string of the molecule is O=C1N=c2ccc(Nc3c(O)n(Cc4ccccc4Cl)c4ccccc34)cc2=N1. The minimum atomic E-state index is -0.503. The first kappa shape index (κ1) is 17.5. The van der Waals surface area contributed by atoms with Crippen LogP contribution in [0.1, 0.15) is 5.56 Å². The summed E-state index contributed by atoms with van der Waals surface area (Å²) < 4.78 is 1.81. The van der Waals surface area contributed by atoms with Crippen molar-refractivity contribution >= 4 is 39.9 Å². The number of hydrogen-bond donors (Lipinski definition) is 2. The Kier molecular flexibility index (Phi) is 4.07. The first-order valence-electron chi connectivity index (χ1n) is 9.02. The van der Waals surface area contributed by atoms with Gasteiger partial charge in [-0.1, -0.05) is 48.0 Å². The number of hydrogen-bond acceptors (Lipinski definition) is 3. The van der Waals surface area contributed by atoms with Crippen molar-refractivity contribution in [2.24, 2.45) is 9.98 Å². The minimum Gasteiger partial charge on any atom is -0.493 e. The van der Waals surface area contributed by atoms with Crippen molar-refractivity contribution in [1.29, 1.82) is 0 Å². The third-order valence-electron chi connectivity index (χ3n) is 4.91. The Morgan fingerprint density at radius 1 is 0.966 bits per heavy atom. The third-order valence-corrected chi connectivity index (χ3v) is 5.28. The van der Waals surface area contributed by atoms with E-state index >= 15 is 0 Å². The Hall–Kier alpha value is -3.64.